The van der Waals surface area contributed by atoms with Crippen LogP contribution in [0.3, 0.4) is 0 Å². The first kappa shape index (κ1) is 23.4. The van der Waals surface area contributed by atoms with Gasteiger partial charge in [-0.25, -0.2) is 9.59 Å². The van der Waals surface area contributed by atoms with Crippen molar-refractivity contribution in [2.24, 2.45) is 0 Å². The summed E-state index contributed by atoms with van der Waals surface area (Å²) in [5.41, 5.74) is -3.18. The molecule has 0 N–H and O–H groups in total. The lowest BCUT2D eigenvalue weighted by Gasteiger charge is -2.13. The Bertz CT molecular complexity index is 1770. The number of carbonyl (C=O) groups is 1. The third-order valence-electron chi connectivity index (χ3n) is 5.33. The second-order valence-corrected chi connectivity index (χ2v) is 8.11. The molecule has 36 heavy (non-hydrogen) atoms. The molecule has 0 spiro atoms. The number of fused-ring (bicyclic) bond motifs is 2. The molecule has 0 saturated carbocycles. The van der Waals surface area contributed by atoms with Crippen LogP contribution in [0.2, 0.25) is 5.02 Å². The Balaban J connectivity index is 1.58. The third-order valence-corrected chi connectivity index (χ3v) is 5.58. The summed E-state index contributed by atoms with van der Waals surface area (Å²) in [5, 5.41) is 0.584. The summed E-state index contributed by atoms with van der Waals surface area (Å²) in [7, 11) is 0. The van der Waals surface area contributed by atoms with Gasteiger partial charge < -0.3 is 13.6 Å². The van der Waals surface area contributed by atoms with Crippen LogP contribution in [0.5, 0.6) is 5.75 Å². The number of halogens is 4. The normalized spacial score (nSPS) is 11.7. The first-order chi connectivity index (χ1) is 17.1. The molecule has 0 unspecified atom stereocenters. The lowest BCUT2D eigenvalue weighted by atomic mass is 10.0. The largest absolute Gasteiger partial charge is 0.450 e. The highest BCUT2D eigenvalue weighted by molar-refractivity contribution is 6.30. The Morgan fingerprint density at radius 2 is 1.58 bits per heavy atom. The highest BCUT2D eigenvalue weighted by atomic mass is 35.5. The van der Waals surface area contributed by atoms with Crippen LogP contribution in [0.1, 0.15) is 16.1 Å². The third kappa shape index (κ3) is 4.25. The zero-order valence-corrected chi connectivity index (χ0v) is 18.6. The van der Waals surface area contributed by atoms with Gasteiger partial charge in [-0.1, -0.05) is 41.9 Å². The Kier molecular flexibility index (Phi) is 5.64. The van der Waals surface area contributed by atoms with Crippen molar-refractivity contribution in [3.8, 4) is 16.9 Å². The van der Waals surface area contributed by atoms with Crippen molar-refractivity contribution in [2.45, 2.75) is 6.18 Å². The molecule has 3 aromatic carbocycles. The predicted octanol–water partition coefficient (Wildman–Crippen LogP) is 6.46. The minimum atomic E-state index is -5.00. The number of benzene rings is 3. The number of para-hydroxylation sites is 1. The number of esters is 1. The molecular formula is C26H12ClF3O6. The molecule has 0 radical (unpaired) electrons. The van der Waals surface area contributed by atoms with E-state index in [0.717, 1.165) is 6.07 Å². The summed E-state index contributed by atoms with van der Waals surface area (Å²) < 4.78 is 56.9. The van der Waals surface area contributed by atoms with E-state index in [1.165, 1.54) is 42.5 Å². The molecular weight excluding hydrogens is 501 g/mol. The van der Waals surface area contributed by atoms with E-state index in [9.17, 15) is 27.6 Å². The smallest absolute Gasteiger partial charge is 0.450 e. The quantitative estimate of drug-likeness (QED) is 0.157. The summed E-state index contributed by atoms with van der Waals surface area (Å²) in [6.07, 6.45) is -5.00. The fourth-order valence-corrected chi connectivity index (χ4v) is 3.81. The molecule has 5 rings (SSSR count). The van der Waals surface area contributed by atoms with Gasteiger partial charge in [0.25, 0.3) is 0 Å². The second kappa shape index (κ2) is 8.69. The van der Waals surface area contributed by atoms with Gasteiger partial charge in [0, 0.05) is 16.5 Å². The molecule has 0 atom stereocenters. The topological polar surface area (TPSA) is 86.7 Å². The molecule has 0 fully saturated rings. The highest BCUT2D eigenvalue weighted by Crippen LogP contribution is 2.38. The Labute approximate surface area is 204 Å². The fourth-order valence-electron chi connectivity index (χ4n) is 3.68. The predicted molar refractivity (Wildman–Crippen MR) is 125 cm³/mol. The SMILES string of the molecule is O=C(Oc1ccc2c(=O)c(-c3ccc(Cl)cc3)c(C(F)(F)F)oc2c1)c1cc2ccccc2oc1=O. The number of rotatable bonds is 3. The minimum absolute atomic E-state index is 0.0269. The van der Waals surface area contributed by atoms with E-state index in [0.29, 0.717) is 5.39 Å². The Morgan fingerprint density at radius 1 is 0.861 bits per heavy atom. The van der Waals surface area contributed by atoms with Crippen LogP contribution in [0.4, 0.5) is 13.2 Å². The molecule has 2 heterocycles. The molecule has 0 aliphatic carbocycles. The van der Waals surface area contributed by atoms with Crippen molar-refractivity contribution >= 4 is 39.5 Å². The molecule has 0 aliphatic rings. The van der Waals surface area contributed by atoms with Crippen LogP contribution in [0.25, 0.3) is 33.1 Å². The number of ether oxygens (including phenoxy) is 1. The molecule has 180 valence electrons. The van der Waals surface area contributed by atoms with Crippen molar-refractivity contribution in [3.63, 3.8) is 0 Å². The van der Waals surface area contributed by atoms with E-state index in [-0.39, 0.29) is 27.3 Å². The van der Waals surface area contributed by atoms with Gasteiger partial charge in [0.05, 0.1) is 10.9 Å². The maximum atomic E-state index is 13.8. The van der Waals surface area contributed by atoms with Crippen molar-refractivity contribution in [3.05, 3.63) is 110 Å². The molecule has 6 nitrogen and oxygen atoms in total. The number of carbonyl (C=O) groups excluding carboxylic acids is 1. The molecule has 0 bridgehead atoms. The van der Waals surface area contributed by atoms with Crippen LogP contribution in [-0.2, 0) is 6.18 Å². The van der Waals surface area contributed by atoms with Gasteiger partial charge >= 0.3 is 17.8 Å². The molecule has 5 aromatic rings. The van der Waals surface area contributed by atoms with Crippen molar-refractivity contribution in [2.75, 3.05) is 0 Å². The van der Waals surface area contributed by atoms with Gasteiger partial charge in [-0.3, -0.25) is 4.79 Å². The zero-order valence-electron chi connectivity index (χ0n) is 17.9. The van der Waals surface area contributed by atoms with Crippen molar-refractivity contribution in [1.29, 1.82) is 0 Å². The van der Waals surface area contributed by atoms with Crippen molar-refractivity contribution < 1.29 is 31.5 Å². The maximum absolute atomic E-state index is 13.8. The standard InChI is InChI=1S/C26H12ClF3O6/c27-15-7-5-13(6-8-15)21-22(31)17-10-9-16(12-20(17)35-23(21)26(28,29)30)34-24(32)18-11-14-3-1-2-4-19(14)36-25(18)33/h1-12H. The monoisotopic (exact) mass is 512 g/mol. The average molecular weight is 513 g/mol. The summed E-state index contributed by atoms with van der Waals surface area (Å²) in [6, 6.07) is 16.4. The highest BCUT2D eigenvalue weighted by Gasteiger charge is 2.39. The first-order valence-corrected chi connectivity index (χ1v) is 10.7. The average Bonchev–Trinajstić information content (AvgIpc) is 2.83. The zero-order chi connectivity index (χ0) is 25.6. The molecule has 0 saturated heterocycles. The van der Waals surface area contributed by atoms with Crippen molar-refractivity contribution in [1.82, 2.24) is 0 Å². The van der Waals surface area contributed by atoms with E-state index in [2.05, 4.69) is 0 Å². The van der Waals surface area contributed by atoms with Crippen LogP contribution < -0.4 is 15.8 Å². The van der Waals surface area contributed by atoms with Gasteiger partial charge in [0.1, 0.15) is 22.5 Å². The Morgan fingerprint density at radius 3 is 2.31 bits per heavy atom. The lowest BCUT2D eigenvalue weighted by Crippen LogP contribution is -2.19. The summed E-state index contributed by atoms with van der Waals surface area (Å²) in [5.74, 6) is -2.85. The van der Waals surface area contributed by atoms with Crippen LogP contribution in [-0.4, -0.2) is 5.97 Å². The molecule has 0 amide bonds. The van der Waals surface area contributed by atoms with Crippen LogP contribution in [0.15, 0.2) is 91.2 Å². The summed E-state index contributed by atoms with van der Waals surface area (Å²) >= 11 is 5.81. The Hall–Kier alpha value is -4.37. The fraction of sp³-hybridized carbons (Fsp3) is 0.0385. The summed E-state index contributed by atoms with van der Waals surface area (Å²) in [4.78, 5) is 37.9. The van der Waals surface area contributed by atoms with E-state index >= 15 is 0 Å². The number of hydrogen-bond donors (Lipinski definition) is 0. The number of alkyl halides is 3. The van der Waals surface area contributed by atoms with E-state index < -0.39 is 45.7 Å². The maximum Gasteiger partial charge on any atom is 0.450 e. The van der Waals surface area contributed by atoms with Gasteiger partial charge in [-0.2, -0.15) is 13.2 Å². The molecule has 2 aromatic heterocycles. The van der Waals surface area contributed by atoms with Crippen LogP contribution in [0, 0.1) is 0 Å². The number of hydrogen-bond acceptors (Lipinski definition) is 6. The molecule has 0 aliphatic heterocycles. The first-order valence-electron chi connectivity index (χ1n) is 10.3. The van der Waals surface area contributed by atoms with Gasteiger partial charge in [0.15, 0.2) is 0 Å². The second-order valence-electron chi connectivity index (χ2n) is 7.67. The lowest BCUT2D eigenvalue weighted by molar-refractivity contribution is -0.152. The summed E-state index contributed by atoms with van der Waals surface area (Å²) in [6.45, 7) is 0. The van der Waals surface area contributed by atoms with Gasteiger partial charge in [-0.15, -0.1) is 0 Å². The van der Waals surface area contributed by atoms with Gasteiger partial charge in [-0.05, 0) is 42.0 Å². The van der Waals surface area contributed by atoms with E-state index in [4.69, 9.17) is 25.2 Å². The van der Waals surface area contributed by atoms with E-state index in [1.807, 2.05) is 0 Å². The van der Waals surface area contributed by atoms with Crippen LogP contribution >= 0.6 is 11.6 Å². The van der Waals surface area contributed by atoms with Gasteiger partial charge in [0.2, 0.25) is 11.2 Å². The minimum Gasteiger partial charge on any atom is -0.450 e. The van der Waals surface area contributed by atoms with E-state index in [1.54, 1.807) is 24.3 Å². The molecule has 10 heteroatoms.